The van der Waals surface area contributed by atoms with E-state index in [0.29, 0.717) is 47.9 Å². The van der Waals surface area contributed by atoms with E-state index in [9.17, 15) is 19.2 Å². The lowest BCUT2D eigenvalue weighted by Gasteiger charge is -2.24. The van der Waals surface area contributed by atoms with Crippen molar-refractivity contribution < 1.29 is 19.2 Å². The molecule has 8 aromatic rings. The second kappa shape index (κ2) is 41.7. The van der Waals surface area contributed by atoms with E-state index in [1.807, 2.05) is 44.2 Å². The van der Waals surface area contributed by atoms with Crippen molar-refractivity contribution in [3.63, 3.8) is 0 Å². The number of carbonyl (C=O) groups is 4. The number of nitrogens with one attached hydrogen (secondary N) is 4. The summed E-state index contributed by atoms with van der Waals surface area (Å²) in [6.07, 6.45) is 49.8. The van der Waals surface area contributed by atoms with Gasteiger partial charge in [-0.15, -0.1) is 0 Å². The van der Waals surface area contributed by atoms with Gasteiger partial charge in [-0.3, -0.25) is 19.2 Å². The fraction of sp³-hybridized carbons (Fsp3) is 0.560. The van der Waals surface area contributed by atoms with Crippen LogP contribution < -0.4 is 44.2 Å². The lowest BCUT2D eigenvalue weighted by atomic mass is 9.85. The standard InChI is InChI=1S/C28H38N4O.2C25H34N4O.C22H28N4O/c29-22-13-14-23-21(18-22)12-16-24-27(23)30-25(15-11-19-7-3-1-4-8-19)28(31-24)32-26(33)17-20-9-5-2-6-10-20;1-16(2)14-23(30)29-25-22(12-8-17-6-4-3-5-7-17)27-24-20-11-10-19(26)15-18(20)9-13-21(24)28-25;1-3-16(2)25(30)29-24-22(13-9-17-7-5-4-6-8-17)27-23-20-12-11-19(26)15-18(20)10-14-21(23)28-24;1-14(27)24-22-20(11-7-15-5-3-2-4-6-15)25-21-18-10-9-17(23)13-16(18)8-12-19(21)26-22/h13-14,18-20H,1-12,15-17,29H2,(H,31,32,33);10-11,15-17H,3-9,12-14,26H2,1-2H3,(H,28,29,30);11-12,15-17H,3-10,13-14,26H2,1-2H3,(H,28,29,30);9-10,13,15H,2-8,11-12,23H2,1H3,(H,24,26,27). The molecule has 20 heteroatoms. The maximum atomic E-state index is 13.0. The number of nitrogens with two attached hydrogens (primary N) is 4. The monoisotopic (exact) mass is 1620 g/mol. The van der Waals surface area contributed by atoms with Gasteiger partial charge in [0, 0.05) is 70.7 Å². The second-order valence-corrected chi connectivity index (χ2v) is 37.0. The largest absolute Gasteiger partial charge is 0.399 e. The third kappa shape index (κ3) is 23.1. The van der Waals surface area contributed by atoms with Crippen LogP contribution in [0.2, 0.25) is 0 Å². The number of fused-ring (bicyclic) bond motifs is 12. The van der Waals surface area contributed by atoms with Gasteiger partial charge in [0.25, 0.3) is 0 Å². The zero-order valence-corrected chi connectivity index (χ0v) is 72.6. The topological polar surface area (TPSA) is 324 Å². The predicted octanol–water partition coefficient (Wildman–Crippen LogP) is 21.2. The van der Waals surface area contributed by atoms with Crippen LogP contribution in [0.5, 0.6) is 0 Å². The Morgan fingerprint density at radius 2 is 0.625 bits per heavy atom. The summed E-state index contributed by atoms with van der Waals surface area (Å²) in [5, 5.41) is 12.3. The zero-order valence-electron chi connectivity index (χ0n) is 72.6. The smallest absolute Gasteiger partial charge is 0.228 e. The van der Waals surface area contributed by atoms with E-state index in [1.165, 1.54) is 190 Å². The summed E-state index contributed by atoms with van der Waals surface area (Å²) < 4.78 is 0. The molecule has 0 saturated heterocycles. The highest BCUT2D eigenvalue weighted by molar-refractivity contribution is 5.93. The quantitative estimate of drug-likeness (QED) is 0.0292. The molecule has 5 saturated carbocycles. The normalized spacial score (nSPS) is 17.3. The molecule has 4 amide bonds. The van der Waals surface area contributed by atoms with Crippen molar-refractivity contribution in [1.82, 2.24) is 39.9 Å². The van der Waals surface area contributed by atoms with Crippen LogP contribution in [-0.4, -0.2) is 63.5 Å². The summed E-state index contributed by atoms with van der Waals surface area (Å²) >= 11 is 0. The molecule has 9 aliphatic rings. The van der Waals surface area contributed by atoms with E-state index in [2.05, 4.69) is 77.6 Å². The number of aryl methyl sites for hydroxylation is 12. The number of amides is 4. The third-order valence-corrected chi connectivity index (χ3v) is 27.2. The highest BCUT2D eigenvalue weighted by atomic mass is 16.2. The van der Waals surface area contributed by atoms with Gasteiger partial charge in [-0.05, 0) is 228 Å². The maximum Gasteiger partial charge on any atom is 0.228 e. The first kappa shape index (κ1) is 86.7. The van der Waals surface area contributed by atoms with Crippen LogP contribution in [0, 0.1) is 41.4 Å². The predicted molar refractivity (Wildman–Crippen MR) is 487 cm³/mol. The van der Waals surface area contributed by atoms with E-state index < -0.39 is 0 Å². The first-order valence-electron chi connectivity index (χ1n) is 46.6. The molecule has 4 heterocycles. The van der Waals surface area contributed by atoms with Crippen LogP contribution >= 0.6 is 0 Å². The number of nitrogen functional groups attached to an aromatic ring is 4. The van der Waals surface area contributed by atoms with Gasteiger partial charge in [0.1, 0.15) is 0 Å². The number of anilines is 8. The Balaban J connectivity index is 0.000000131. The van der Waals surface area contributed by atoms with Crippen LogP contribution in [0.1, 0.15) is 308 Å². The average molecular weight is 1620 g/mol. The molecule has 0 bridgehead atoms. The Bertz CT molecular complexity index is 4890. The average Bonchev–Trinajstić information content (AvgIpc) is 0.794. The number of hydrogen-bond acceptors (Lipinski definition) is 16. The molecule has 20 nitrogen and oxygen atoms in total. The summed E-state index contributed by atoms with van der Waals surface area (Å²) in [5.74, 6) is 6.68. The van der Waals surface area contributed by atoms with Gasteiger partial charge >= 0.3 is 0 Å². The molecule has 5 fully saturated rings. The fourth-order valence-corrected chi connectivity index (χ4v) is 20.1. The molecule has 4 aromatic heterocycles. The number of aromatic nitrogens is 8. The number of benzene rings is 4. The Morgan fingerprint density at radius 1 is 0.350 bits per heavy atom. The van der Waals surface area contributed by atoms with Crippen LogP contribution in [0.3, 0.4) is 0 Å². The SMILES string of the molecule is CC(=O)Nc1nc2c(nc1CCC1CCCCC1)-c1ccc(N)cc1CC2.CC(C)CC(=O)Nc1nc2c(nc1CCC1CCCCC1)-c1ccc(N)cc1CC2.CCC(C)C(=O)Nc1nc2c(nc1CCC1CCCCC1)-c1ccc(N)cc1CC2.Nc1ccc2c(c1)CCc1nc(NC(=O)CC3CCCCC3)c(CCC3CCCCC3)nc1-2. The molecule has 12 N–H and O–H groups in total. The van der Waals surface area contributed by atoms with Gasteiger partial charge in [-0.2, -0.15) is 0 Å². The lowest BCUT2D eigenvalue weighted by Crippen LogP contribution is -2.23. The van der Waals surface area contributed by atoms with Gasteiger partial charge < -0.3 is 44.2 Å². The van der Waals surface area contributed by atoms with Crippen molar-refractivity contribution >= 4 is 69.6 Å². The van der Waals surface area contributed by atoms with Crippen molar-refractivity contribution in [3.05, 3.63) is 141 Å². The van der Waals surface area contributed by atoms with Crippen LogP contribution in [0.25, 0.3) is 45.0 Å². The second-order valence-electron chi connectivity index (χ2n) is 37.0. The molecule has 0 spiro atoms. The number of carbonyl (C=O) groups excluding carboxylic acids is 4. The van der Waals surface area contributed by atoms with E-state index in [1.54, 1.807) is 0 Å². The molecule has 9 aliphatic carbocycles. The van der Waals surface area contributed by atoms with Gasteiger partial charge in [0.2, 0.25) is 23.6 Å². The zero-order chi connectivity index (χ0) is 83.6. The first-order valence-corrected chi connectivity index (χ1v) is 46.6. The van der Waals surface area contributed by atoms with Crippen molar-refractivity contribution in [2.75, 3.05) is 44.2 Å². The Kier molecular flexibility index (Phi) is 30.1. The minimum atomic E-state index is -0.0906. The Hall–Kier alpha value is -9.72. The first-order chi connectivity index (χ1) is 58.3. The molecule has 1 unspecified atom stereocenters. The molecule has 17 rings (SSSR count). The summed E-state index contributed by atoms with van der Waals surface area (Å²) in [6.45, 7) is 9.65. The molecular formula is C100H134N16O4. The van der Waals surface area contributed by atoms with Gasteiger partial charge in [-0.25, -0.2) is 39.9 Å². The molecule has 0 aliphatic heterocycles. The third-order valence-electron chi connectivity index (χ3n) is 27.2. The molecular weight excluding hydrogens is 1490 g/mol. The van der Waals surface area contributed by atoms with Gasteiger partial charge in [-0.1, -0.05) is 200 Å². The highest BCUT2D eigenvalue weighted by Gasteiger charge is 2.31. The Labute approximate surface area is 713 Å². The van der Waals surface area contributed by atoms with Crippen LogP contribution in [-0.2, 0) is 96.2 Å². The molecule has 120 heavy (non-hydrogen) atoms. The van der Waals surface area contributed by atoms with E-state index in [-0.39, 0.29) is 29.5 Å². The van der Waals surface area contributed by atoms with Crippen LogP contribution in [0.4, 0.5) is 46.0 Å². The summed E-state index contributed by atoms with van der Waals surface area (Å²) in [5.41, 5.74) is 48.2. The molecule has 4 aromatic carbocycles. The van der Waals surface area contributed by atoms with Crippen molar-refractivity contribution in [2.45, 2.75) is 317 Å². The number of hydrogen-bond donors (Lipinski definition) is 8. The highest BCUT2D eigenvalue weighted by Crippen LogP contribution is 2.42. The fourth-order valence-electron chi connectivity index (χ4n) is 20.1. The van der Waals surface area contributed by atoms with Crippen molar-refractivity contribution in [2.24, 2.45) is 41.4 Å². The molecule has 638 valence electrons. The van der Waals surface area contributed by atoms with Gasteiger partial charge in [0.15, 0.2) is 23.3 Å². The van der Waals surface area contributed by atoms with E-state index in [4.69, 9.17) is 62.8 Å². The van der Waals surface area contributed by atoms with E-state index in [0.717, 1.165) is 246 Å². The molecule has 0 radical (unpaired) electrons. The number of nitrogens with zero attached hydrogens (tertiary/aromatic N) is 8. The minimum absolute atomic E-state index is 0.0298. The maximum absolute atomic E-state index is 13.0. The van der Waals surface area contributed by atoms with Crippen LogP contribution in [0.15, 0.2) is 72.8 Å². The summed E-state index contributed by atoms with van der Waals surface area (Å²) in [4.78, 5) is 89.7. The minimum Gasteiger partial charge on any atom is -0.399 e. The van der Waals surface area contributed by atoms with Crippen molar-refractivity contribution in [3.8, 4) is 45.0 Å². The van der Waals surface area contributed by atoms with E-state index >= 15 is 0 Å². The van der Waals surface area contributed by atoms with Gasteiger partial charge in [0.05, 0.1) is 68.3 Å². The lowest BCUT2D eigenvalue weighted by molar-refractivity contribution is -0.119. The molecule has 1 atom stereocenters. The number of rotatable bonds is 22. The van der Waals surface area contributed by atoms with Crippen molar-refractivity contribution in [1.29, 1.82) is 0 Å². The Morgan fingerprint density at radius 3 is 0.908 bits per heavy atom. The summed E-state index contributed by atoms with van der Waals surface area (Å²) in [6, 6.07) is 24.3. The summed E-state index contributed by atoms with van der Waals surface area (Å²) in [7, 11) is 0.